The van der Waals surface area contributed by atoms with Gasteiger partial charge < -0.3 is 10.1 Å². The number of hydrogen-bond donors (Lipinski definition) is 1. The number of nitrogens with zero attached hydrogens (tertiary/aromatic N) is 3. The van der Waals surface area contributed by atoms with Crippen LogP contribution < -0.4 is 10.1 Å². The molecule has 26 heavy (non-hydrogen) atoms. The fourth-order valence-corrected chi connectivity index (χ4v) is 3.62. The predicted molar refractivity (Wildman–Crippen MR) is 110 cm³/mol. The maximum atomic E-state index is 5.93. The van der Waals surface area contributed by atoms with Gasteiger partial charge in [-0.2, -0.15) is 0 Å². The lowest BCUT2D eigenvalue weighted by Gasteiger charge is -2.16. The summed E-state index contributed by atoms with van der Waals surface area (Å²) in [5, 5.41) is 9.33. The Morgan fingerprint density at radius 3 is 2.69 bits per heavy atom. The number of methoxy groups -OCH3 is 1. The summed E-state index contributed by atoms with van der Waals surface area (Å²) in [6, 6.07) is 15.6. The zero-order valence-electron chi connectivity index (χ0n) is 14.5. The zero-order valence-corrected chi connectivity index (χ0v) is 16.9. The summed E-state index contributed by atoms with van der Waals surface area (Å²) in [5.74, 6) is 0.764. The van der Waals surface area contributed by atoms with E-state index in [1.165, 1.54) is 16.9 Å². The lowest BCUT2D eigenvalue weighted by Crippen LogP contribution is -2.22. The van der Waals surface area contributed by atoms with Crippen LogP contribution in [0.15, 0.2) is 48.5 Å². The molecule has 0 aliphatic rings. The molecule has 0 atom stereocenters. The second-order valence-electron chi connectivity index (χ2n) is 5.78. The third kappa shape index (κ3) is 4.82. The summed E-state index contributed by atoms with van der Waals surface area (Å²) in [4.78, 5) is 2.14. The van der Waals surface area contributed by atoms with Gasteiger partial charge in [-0.05, 0) is 49.1 Å². The predicted octanol–water partition coefficient (Wildman–Crippen LogP) is 5.17. The second-order valence-corrected chi connectivity index (χ2v) is 7.84. The summed E-state index contributed by atoms with van der Waals surface area (Å²) in [5.41, 5.74) is 2.05. The van der Waals surface area contributed by atoms with E-state index in [1.807, 2.05) is 60.3 Å². The summed E-state index contributed by atoms with van der Waals surface area (Å²) < 4.78 is 7.88. The van der Waals surface area contributed by atoms with Gasteiger partial charge in [0.25, 0.3) is 0 Å². The summed E-state index contributed by atoms with van der Waals surface area (Å²) in [6.07, 6.45) is 0. The fourth-order valence-electron chi connectivity index (χ4n) is 2.49. The molecule has 8 heteroatoms. The highest BCUT2D eigenvalue weighted by Crippen LogP contribution is 2.28. The number of halogens is 1. The van der Waals surface area contributed by atoms with Gasteiger partial charge in [-0.15, -0.1) is 5.10 Å². The van der Waals surface area contributed by atoms with Crippen molar-refractivity contribution in [2.45, 2.75) is 13.2 Å². The van der Waals surface area contributed by atoms with Gasteiger partial charge in [-0.1, -0.05) is 47.2 Å². The minimum absolute atomic E-state index is 0.603. The number of hydrogen-bond acceptors (Lipinski definition) is 6. The molecular weight excluding hydrogens is 388 g/mol. The quantitative estimate of drug-likeness (QED) is 0.548. The number of benzene rings is 2. The smallest absolute Gasteiger partial charge is 0.209 e. The fraction of sp³-hybridized carbons (Fsp3) is 0.222. The van der Waals surface area contributed by atoms with E-state index in [1.54, 1.807) is 7.11 Å². The van der Waals surface area contributed by atoms with Crippen molar-refractivity contribution in [3.63, 3.8) is 0 Å². The van der Waals surface area contributed by atoms with Gasteiger partial charge in [0, 0.05) is 11.6 Å². The van der Waals surface area contributed by atoms with Crippen molar-refractivity contribution in [2.24, 2.45) is 0 Å². The molecule has 136 valence electrons. The van der Waals surface area contributed by atoms with Gasteiger partial charge in [-0.3, -0.25) is 4.90 Å². The van der Waals surface area contributed by atoms with Crippen LogP contribution >= 0.6 is 35.2 Å². The number of aromatic nitrogens is 2. The van der Waals surface area contributed by atoms with Crippen molar-refractivity contribution in [1.29, 1.82) is 0 Å². The zero-order chi connectivity index (χ0) is 18.5. The van der Waals surface area contributed by atoms with Gasteiger partial charge in [-0.25, -0.2) is 4.68 Å². The van der Waals surface area contributed by atoms with Crippen LogP contribution in [0.1, 0.15) is 5.56 Å². The first-order valence-corrected chi connectivity index (χ1v) is 9.56. The Kier molecular flexibility index (Phi) is 6.26. The first-order chi connectivity index (χ1) is 12.5. The molecular formula is C18H19ClN4OS2. The largest absolute Gasteiger partial charge is 0.495 e. The minimum Gasteiger partial charge on any atom is -0.495 e. The molecule has 0 aliphatic heterocycles. The minimum atomic E-state index is 0.603. The van der Waals surface area contributed by atoms with Crippen LogP contribution in [0.5, 0.6) is 5.75 Å². The lowest BCUT2D eigenvalue weighted by molar-refractivity contribution is 0.245. The van der Waals surface area contributed by atoms with Crippen molar-refractivity contribution in [3.8, 4) is 5.75 Å². The normalized spacial score (nSPS) is 10.9. The monoisotopic (exact) mass is 406 g/mol. The molecule has 0 fully saturated rings. The summed E-state index contributed by atoms with van der Waals surface area (Å²) >= 11 is 12.8. The average molecular weight is 407 g/mol. The molecule has 1 heterocycles. The Bertz CT molecular complexity index is 923. The van der Waals surface area contributed by atoms with Crippen molar-refractivity contribution < 1.29 is 4.74 Å². The molecule has 5 nitrogen and oxygen atoms in total. The third-order valence-electron chi connectivity index (χ3n) is 3.70. The Hall–Kier alpha value is -1.93. The first kappa shape index (κ1) is 18.8. The Balaban J connectivity index is 1.68. The van der Waals surface area contributed by atoms with Gasteiger partial charge >= 0.3 is 0 Å². The van der Waals surface area contributed by atoms with Gasteiger partial charge in [0.05, 0.1) is 19.5 Å². The van der Waals surface area contributed by atoms with Crippen molar-refractivity contribution in [2.75, 3.05) is 19.5 Å². The molecule has 1 N–H and O–H groups in total. The number of nitrogens with one attached hydrogen (secondary N) is 1. The van der Waals surface area contributed by atoms with Gasteiger partial charge in [0.15, 0.2) is 3.95 Å². The molecule has 3 rings (SSSR count). The van der Waals surface area contributed by atoms with Crippen LogP contribution in [-0.2, 0) is 13.2 Å². The third-order valence-corrected chi connectivity index (χ3v) is 5.17. The topological polar surface area (TPSA) is 42.3 Å². The highest BCUT2D eigenvalue weighted by Gasteiger charge is 2.09. The van der Waals surface area contributed by atoms with E-state index >= 15 is 0 Å². The van der Waals surface area contributed by atoms with E-state index in [9.17, 15) is 0 Å². The standard InChI is InChI=1S/C18H19ClN4OS2/c1-22(11-13-7-9-14(19)10-8-13)12-23-18(25)26-17(21-23)20-15-5-3-4-6-16(15)24-2/h3-10H,11-12H2,1-2H3,(H,20,21). The molecule has 0 saturated heterocycles. The Morgan fingerprint density at radius 1 is 1.23 bits per heavy atom. The molecule has 3 aromatic rings. The molecule has 1 aromatic heterocycles. The summed E-state index contributed by atoms with van der Waals surface area (Å²) in [6.45, 7) is 1.39. The second kappa shape index (κ2) is 8.64. The molecule has 2 aromatic carbocycles. The number of rotatable bonds is 7. The molecule has 0 unspecified atom stereocenters. The summed E-state index contributed by atoms with van der Waals surface area (Å²) in [7, 11) is 3.68. The van der Waals surface area contributed by atoms with E-state index in [4.69, 9.17) is 28.6 Å². The van der Waals surface area contributed by atoms with Crippen LogP contribution in [0.3, 0.4) is 0 Å². The molecule has 0 saturated carbocycles. The van der Waals surface area contributed by atoms with Crippen LogP contribution in [0, 0.1) is 3.95 Å². The molecule has 0 amide bonds. The number of anilines is 2. The molecule has 0 radical (unpaired) electrons. The maximum Gasteiger partial charge on any atom is 0.209 e. The van der Waals surface area contributed by atoms with Gasteiger partial charge in [0.2, 0.25) is 5.13 Å². The van der Waals surface area contributed by atoms with Crippen LogP contribution in [0.4, 0.5) is 10.8 Å². The highest BCUT2D eigenvalue weighted by atomic mass is 35.5. The lowest BCUT2D eigenvalue weighted by atomic mass is 10.2. The van der Waals surface area contributed by atoms with Crippen molar-refractivity contribution in [1.82, 2.24) is 14.7 Å². The first-order valence-electron chi connectivity index (χ1n) is 7.96. The van der Waals surface area contributed by atoms with E-state index in [-0.39, 0.29) is 0 Å². The van der Waals surface area contributed by atoms with E-state index in [0.717, 1.165) is 28.1 Å². The average Bonchev–Trinajstić information content (AvgIpc) is 2.96. The highest BCUT2D eigenvalue weighted by molar-refractivity contribution is 7.73. The molecule has 0 aliphatic carbocycles. The maximum absolute atomic E-state index is 5.93. The van der Waals surface area contributed by atoms with Crippen LogP contribution in [0.2, 0.25) is 5.02 Å². The number of para-hydroxylation sites is 2. The molecule has 0 bridgehead atoms. The SMILES string of the molecule is COc1ccccc1Nc1nn(CN(C)Cc2ccc(Cl)cc2)c(=S)s1. The van der Waals surface area contributed by atoms with Crippen molar-refractivity contribution >= 4 is 46.0 Å². The Labute approximate surface area is 166 Å². The molecule has 0 spiro atoms. The van der Waals surface area contributed by atoms with E-state index in [0.29, 0.717) is 10.6 Å². The Morgan fingerprint density at radius 2 is 1.96 bits per heavy atom. The van der Waals surface area contributed by atoms with E-state index < -0.39 is 0 Å². The van der Waals surface area contributed by atoms with E-state index in [2.05, 4.69) is 15.3 Å². The van der Waals surface area contributed by atoms with Crippen LogP contribution in [0.25, 0.3) is 0 Å². The number of ether oxygens (including phenoxy) is 1. The van der Waals surface area contributed by atoms with Gasteiger partial charge in [0.1, 0.15) is 5.75 Å². The van der Waals surface area contributed by atoms with Crippen molar-refractivity contribution in [3.05, 3.63) is 63.1 Å². The van der Waals surface area contributed by atoms with Crippen LogP contribution in [-0.4, -0.2) is 28.8 Å².